The molecule has 1 aromatic carbocycles. The van der Waals surface area contributed by atoms with Gasteiger partial charge in [-0.15, -0.1) is 0 Å². The van der Waals surface area contributed by atoms with Crippen LogP contribution >= 0.6 is 0 Å². The van der Waals surface area contributed by atoms with Crippen molar-refractivity contribution in [2.75, 3.05) is 31.6 Å². The first-order valence-electron chi connectivity index (χ1n) is 5.94. The first-order chi connectivity index (χ1) is 9.20. The summed E-state index contributed by atoms with van der Waals surface area (Å²) in [6, 6.07) is 6.34. The van der Waals surface area contributed by atoms with E-state index in [1.807, 2.05) is 6.07 Å². The van der Waals surface area contributed by atoms with Crippen molar-refractivity contribution in [2.45, 2.75) is 6.04 Å². The molecule has 1 atom stereocenters. The number of benzene rings is 1. The van der Waals surface area contributed by atoms with Crippen LogP contribution in [0, 0.1) is 21.4 Å². The third-order valence-electron chi connectivity index (χ3n) is 2.86. The quantitative estimate of drug-likeness (QED) is 0.616. The smallest absolute Gasteiger partial charge is 0.292 e. The summed E-state index contributed by atoms with van der Waals surface area (Å²) in [5.41, 5.74) is 0.716. The normalized spacial score (nSPS) is 18.6. The summed E-state index contributed by atoms with van der Waals surface area (Å²) >= 11 is 0. The average molecular weight is 262 g/mol. The van der Waals surface area contributed by atoms with Gasteiger partial charge in [-0.1, -0.05) is 0 Å². The number of morpholine rings is 1. The highest BCUT2D eigenvalue weighted by Gasteiger charge is 2.17. The standard InChI is InChI=1S/C12H14N4O3/c13-6-9-1-2-12(16(17)18)11(5-9)15-7-10-8-19-4-3-14-10/h1-2,5,10,14-15H,3-4,7-8H2. The second-order valence-electron chi connectivity index (χ2n) is 4.21. The molecule has 0 amide bonds. The van der Waals surface area contributed by atoms with Crippen molar-refractivity contribution in [1.29, 1.82) is 5.26 Å². The van der Waals surface area contributed by atoms with E-state index in [9.17, 15) is 10.1 Å². The third-order valence-corrected chi connectivity index (χ3v) is 2.86. The highest BCUT2D eigenvalue weighted by atomic mass is 16.6. The fourth-order valence-corrected chi connectivity index (χ4v) is 1.89. The van der Waals surface area contributed by atoms with Gasteiger partial charge in [0.25, 0.3) is 5.69 Å². The van der Waals surface area contributed by atoms with Crippen molar-refractivity contribution in [3.8, 4) is 6.07 Å². The molecule has 19 heavy (non-hydrogen) atoms. The van der Waals surface area contributed by atoms with Gasteiger partial charge in [0.1, 0.15) is 5.69 Å². The molecule has 0 radical (unpaired) electrons. The van der Waals surface area contributed by atoms with Gasteiger partial charge >= 0.3 is 0 Å². The van der Waals surface area contributed by atoms with Gasteiger partial charge < -0.3 is 15.4 Å². The SMILES string of the molecule is N#Cc1ccc([N+](=O)[O-])c(NCC2COCCN2)c1. The molecule has 2 N–H and O–H groups in total. The minimum atomic E-state index is -0.464. The van der Waals surface area contributed by atoms with Crippen LogP contribution in [0.4, 0.5) is 11.4 Å². The Morgan fingerprint density at radius 2 is 2.47 bits per heavy atom. The predicted octanol–water partition coefficient (Wildman–Crippen LogP) is 0.867. The van der Waals surface area contributed by atoms with Gasteiger partial charge in [0.15, 0.2) is 0 Å². The zero-order valence-corrected chi connectivity index (χ0v) is 10.3. The molecule has 100 valence electrons. The molecule has 1 fully saturated rings. The van der Waals surface area contributed by atoms with Crippen molar-refractivity contribution in [3.63, 3.8) is 0 Å². The minimum Gasteiger partial charge on any atom is -0.378 e. The molecule has 0 aliphatic carbocycles. The Morgan fingerprint density at radius 3 is 3.11 bits per heavy atom. The Morgan fingerprint density at radius 1 is 1.63 bits per heavy atom. The molecule has 1 aliphatic rings. The summed E-state index contributed by atoms with van der Waals surface area (Å²) in [5.74, 6) is 0. The highest BCUT2D eigenvalue weighted by Crippen LogP contribution is 2.25. The van der Waals surface area contributed by atoms with Crippen LogP contribution in [0.2, 0.25) is 0 Å². The van der Waals surface area contributed by atoms with Gasteiger partial charge in [0.2, 0.25) is 0 Å². The molecule has 0 aromatic heterocycles. The van der Waals surface area contributed by atoms with Crippen LogP contribution in [-0.2, 0) is 4.74 Å². The van der Waals surface area contributed by atoms with E-state index in [0.717, 1.165) is 6.54 Å². The Kier molecular flexibility index (Phi) is 4.28. The number of rotatable bonds is 4. The molecular formula is C12H14N4O3. The number of nitro benzene ring substituents is 1. The first kappa shape index (κ1) is 13.3. The Balaban J connectivity index is 2.08. The summed E-state index contributed by atoms with van der Waals surface area (Å²) < 4.78 is 5.30. The second-order valence-corrected chi connectivity index (χ2v) is 4.21. The van der Waals surface area contributed by atoms with Gasteiger partial charge in [0, 0.05) is 25.2 Å². The Labute approximate surface area is 110 Å². The number of hydrogen-bond donors (Lipinski definition) is 2. The maximum Gasteiger partial charge on any atom is 0.292 e. The molecule has 7 heteroatoms. The number of nitrogens with zero attached hydrogens (tertiary/aromatic N) is 2. The number of nitrogens with one attached hydrogen (secondary N) is 2. The lowest BCUT2D eigenvalue weighted by molar-refractivity contribution is -0.384. The van der Waals surface area contributed by atoms with E-state index in [0.29, 0.717) is 31.0 Å². The van der Waals surface area contributed by atoms with Crippen LogP contribution in [0.15, 0.2) is 18.2 Å². The Bertz CT molecular complexity index is 506. The van der Waals surface area contributed by atoms with Gasteiger partial charge in [-0.2, -0.15) is 5.26 Å². The van der Waals surface area contributed by atoms with E-state index < -0.39 is 4.92 Å². The number of nitriles is 1. The molecule has 1 unspecified atom stereocenters. The maximum atomic E-state index is 10.9. The van der Waals surface area contributed by atoms with E-state index in [1.54, 1.807) is 0 Å². The molecule has 7 nitrogen and oxygen atoms in total. The summed E-state index contributed by atoms with van der Waals surface area (Å²) in [5, 5.41) is 26.0. The van der Waals surface area contributed by atoms with Crippen LogP contribution in [0.25, 0.3) is 0 Å². The number of nitro groups is 1. The molecule has 1 saturated heterocycles. The van der Waals surface area contributed by atoms with Crippen molar-refractivity contribution in [1.82, 2.24) is 5.32 Å². The number of hydrogen-bond acceptors (Lipinski definition) is 6. The lowest BCUT2D eigenvalue weighted by atomic mass is 10.1. The summed E-state index contributed by atoms with van der Waals surface area (Å²) in [6.45, 7) is 2.53. The van der Waals surface area contributed by atoms with Gasteiger partial charge in [-0.05, 0) is 12.1 Å². The predicted molar refractivity (Wildman–Crippen MR) is 68.9 cm³/mol. The van der Waals surface area contributed by atoms with Crippen molar-refractivity contribution in [2.24, 2.45) is 0 Å². The second kappa shape index (κ2) is 6.13. The van der Waals surface area contributed by atoms with Crippen molar-refractivity contribution in [3.05, 3.63) is 33.9 Å². The molecule has 1 heterocycles. The first-order valence-corrected chi connectivity index (χ1v) is 5.94. The van der Waals surface area contributed by atoms with Gasteiger partial charge in [-0.3, -0.25) is 10.1 Å². The van der Waals surface area contributed by atoms with E-state index >= 15 is 0 Å². The van der Waals surface area contributed by atoms with Crippen LogP contribution in [0.3, 0.4) is 0 Å². The molecule has 1 aliphatic heterocycles. The molecule has 0 spiro atoms. The van der Waals surface area contributed by atoms with E-state index in [2.05, 4.69) is 10.6 Å². The minimum absolute atomic E-state index is 0.0317. The maximum absolute atomic E-state index is 10.9. The topological polar surface area (TPSA) is 100 Å². The zero-order valence-electron chi connectivity index (χ0n) is 10.3. The van der Waals surface area contributed by atoms with Crippen molar-refractivity contribution < 1.29 is 9.66 Å². The summed E-state index contributed by atoms with van der Waals surface area (Å²) in [6.07, 6.45) is 0. The molecule has 2 rings (SSSR count). The van der Waals surface area contributed by atoms with Crippen LogP contribution in [0.1, 0.15) is 5.56 Å². The van der Waals surface area contributed by atoms with E-state index in [4.69, 9.17) is 10.00 Å². The zero-order chi connectivity index (χ0) is 13.7. The lowest BCUT2D eigenvalue weighted by Gasteiger charge is -2.24. The van der Waals surface area contributed by atoms with Crippen LogP contribution in [0.5, 0.6) is 0 Å². The average Bonchev–Trinajstić information content (AvgIpc) is 2.45. The highest BCUT2D eigenvalue weighted by molar-refractivity contribution is 5.64. The fourth-order valence-electron chi connectivity index (χ4n) is 1.89. The van der Waals surface area contributed by atoms with Crippen LogP contribution < -0.4 is 10.6 Å². The third kappa shape index (κ3) is 3.40. The number of ether oxygens (including phenoxy) is 1. The fraction of sp³-hybridized carbons (Fsp3) is 0.417. The van der Waals surface area contributed by atoms with E-state index in [-0.39, 0.29) is 11.7 Å². The Hall–Kier alpha value is -2.17. The summed E-state index contributed by atoms with van der Waals surface area (Å²) in [4.78, 5) is 10.5. The van der Waals surface area contributed by atoms with Gasteiger partial charge in [0.05, 0.1) is 29.8 Å². The monoisotopic (exact) mass is 262 g/mol. The molecule has 1 aromatic rings. The molecule has 0 saturated carbocycles. The molecule has 0 bridgehead atoms. The summed E-state index contributed by atoms with van der Waals surface area (Å²) in [7, 11) is 0. The lowest BCUT2D eigenvalue weighted by Crippen LogP contribution is -2.45. The van der Waals surface area contributed by atoms with Crippen molar-refractivity contribution >= 4 is 11.4 Å². The van der Waals surface area contributed by atoms with Crippen LogP contribution in [-0.4, -0.2) is 37.3 Å². The number of anilines is 1. The largest absolute Gasteiger partial charge is 0.378 e. The van der Waals surface area contributed by atoms with E-state index in [1.165, 1.54) is 18.2 Å². The van der Waals surface area contributed by atoms with Gasteiger partial charge in [-0.25, -0.2) is 0 Å². The molecular weight excluding hydrogens is 248 g/mol.